The topological polar surface area (TPSA) is 68.3 Å². The Hall–Kier alpha value is -2.32. The van der Waals surface area contributed by atoms with Crippen molar-refractivity contribution < 1.29 is 9.21 Å². The van der Waals surface area contributed by atoms with Crippen LogP contribution < -0.4 is 5.56 Å². The number of rotatable bonds is 6. The molecule has 0 unspecified atom stereocenters. The zero-order chi connectivity index (χ0) is 20.2. The molecule has 0 saturated carbocycles. The van der Waals surface area contributed by atoms with Gasteiger partial charge >= 0.3 is 0 Å². The van der Waals surface area contributed by atoms with Crippen LogP contribution in [0.1, 0.15) is 25.7 Å². The van der Waals surface area contributed by atoms with Crippen molar-refractivity contribution in [2.45, 2.75) is 37.4 Å². The van der Waals surface area contributed by atoms with Crippen LogP contribution in [0.15, 0.2) is 50.8 Å². The lowest BCUT2D eigenvalue weighted by Crippen LogP contribution is -2.33. The van der Waals surface area contributed by atoms with Gasteiger partial charge in [0.1, 0.15) is 10.6 Å². The van der Waals surface area contributed by atoms with Crippen LogP contribution in [-0.2, 0) is 11.3 Å². The van der Waals surface area contributed by atoms with E-state index < -0.39 is 0 Å². The molecule has 0 spiro atoms. The fourth-order valence-corrected chi connectivity index (χ4v) is 5.44. The van der Waals surface area contributed by atoms with Gasteiger partial charge in [-0.25, -0.2) is 4.98 Å². The van der Waals surface area contributed by atoms with Crippen LogP contribution in [0.5, 0.6) is 0 Å². The van der Waals surface area contributed by atoms with Gasteiger partial charge in [0.2, 0.25) is 5.91 Å². The number of fused-ring (bicyclic) bond motifs is 1. The molecule has 3 aromatic rings. The van der Waals surface area contributed by atoms with Gasteiger partial charge in [-0.15, -0.1) is 17.9 Å². The smallest absolute Gasteiger partial charge is 0.263 e. The van der Waals surface area contributed by atoms with Crippen LogP contribution in [0.3, 0.4) is 0 Å². The SMILES string of the molecule is C=CCn1c(SCC(=O)N2CCCCCC2)nc2scc(-c3ccco3)c2c1=O. The molecular formula is C21H23N3O3S2. The second-order valence-electron chi connectivity index (χ2n) is 6.99. The highest BCUT2D eigenvalue weighted by molar-refractivity contribution is 7.99. The number of carbonyl (C=O) groups is 1. The number of thiophene rings is 1. The first-order valence-corrected chi connectivity index (χ1v) is 11.6. The molecule has 0 radical (unpaired) electrons. The van der Waals surface area contributed by atoms with Gasteiger partial charge in [0.05, 0.1) is 17.4 Å². The summed E-state index contributed by atoms with van der Waals surface area (Å²) in [5.41, 5.74) is 0.620. The van der Waals surface area contributed by atoms with Crippen LogP contribution in [-0.4, -0.2) is 39.2 Å². The first-order valence-electron chi connectivity index (χ1n) is 9.76. The molecule has 0 bridgehead atoms. The van der Waals surface area contributed by atoms with Crippen LogP contribution in [0.25, 0.3) is 21.5 Å². The van der Waals surface area contributed by atoms with Gasteiger partial charge < -0.3 is 9.32 Å². The summed E-state index contributed by atoms with van der Waals surface area (Å²) in [6.07, 6.45) is 7.76. The molecule has 0 N–H and O–H groups in total. The minimum atomic E-state index is -0.132. The lowest BCUT2D eigenvalue weighted by Gasteiger charge is -2.20. The van der Waals surface area contributed by atoms with E-state index >= 15 is 0 Å². The fourth-order valence-electron chi connectivity index (χ4n) is 3.56. The first-order chi connectivity index (χ1) is 14.2. The lowest BCUT2D eigenvalue weighted by molar-refractivity contribution is -0.128. The van der Waals surface area contributed by atoms with E-state index in [4.69, 9.17) is 9.40 Å². The first kappa shape index (κ1) is 20.0. The van der Waals surface area contributed by atoms with E-state index in [0.29, 0.717) is 27.7 Å². The van der Waals surface area contributed by atoms with E-state index in [-0.39, 0.29) is 17.2 Å². The average molecular weight is 430 g/mol. The van der Waals surface area contributed by atoms with Crippen LogP contribution in [0.4, 0.5) is 0 Å². The summed E-state index contributed by atoms with van der Waals surface area (Å²) in [6, 6.07) is 3.63. The normalized spacial score (nSPS) is 14.8. The molecule has 6 nitrogen and oxygen atoms in total. The summed E-state index contributed by atoms with van der Waals surface area (Å²) in [6.45, 7) is 5.76. The third kappa shape index (κ3) is 4.18. The molecular weight excluding hydrogens is 406 g/mol. The molecule has 0 aliphatic carbocycles. The Morgan fingerprint density at radius 2 is 2.10 bits per heavy atom. The highest BCUT2D eigenvalue weighted by atomic mass is 32.2. The molecule has 8 heteroatoms. The average Bonchev–Trinajstić information content (AvgIpc) is 3.31. The van der Waals surface area contributed by atoms with Gasteiger partial charge in [0.25, 0.3) is 5.56 Å². The van der Waals surface area contributed by atoms with E-state index in [1.807, 2.05) is 16.3 Å². The van der Waals surface area contributed by atoms with Crippen molar-refractivity contribution in [1.82, 2.24) is 14.5 Å². The summed E-state index contributed by atoms with van der Waals surface area (Å²) in [5, 5.41) is 3.00. The predicted molar refractivity (Wildman–Crippen MR) is 118 cm³/mol. The predicted octanol–water partition coefficient (Wildman–Crippen LogP) is 4.40. The van der Waals surface area contributed by atoms with Crippen molar-refractivity contribution in [2.24, 2.45) is 0 Å². The summed E-state index contributed by atoms with van der Waals surface area (Å²) >= 11 is 2.74. The molecule has 3 aromatic heterocycles. The Bertz CT molecular complexity index is 1060. The monoisotopic (exact) mass is 429 g/mol. The van der Waals surface area contributed by atoms with Crippen LogP contribution >= 0.6 is 23.1 Å². The standard InChI is InChI=1S/C21H23N3O3S2/c1-2-9-24-20(26)18-15(16-8-7-12-27-16)13-28-19(18)22-21(24)29-14-17(25)23-10-5-3-4-6-11-23/h2,7-8,12-13H,1,3-6,9-11,14H2. The number of hydrogen-bond donors (Lipinski definition) is 0. The summed E-state index contributed by atoms with van der Waals surface area (Å²) in [5.74, 6) is 1.04. The lowest BCUT2D eigenvalue weighted by atomic mass is 10.2. The second kappa shape index (κ2) is 9.00. The summed E-state index contributed by atoms with van der Waals surface area (Å²) in [7, 11) is 0. The third-order valence-electron chi connectivity index (χ3n) is 5.04. The number of hydrogen-bond acceptors (Lipinski definition) is 6. The fraction of sp³-hybridized carbons (Fsp3) is 0.381. The van der Waals surface area contributed by atoms with E-state index in [9.17, 15) is 9.59 Å². The van der Waals surface area contributed by atoms with Gasteiger partial charge in [-0.3, -0.25) is 14.2 Å². The number of furan rings is 1. The van der Waals surface area contributed by atoms with Crippen LogP contribution in [0, 0.1) is 0 Å². The quantitative estimate of drug-likeness (QED) is 0.330. The molecule has 1 aliphatic rings. The minimum absolute atomic E-state index is 0.110. The van der Waals surface area contributed by atoms with E-state index in [1.165, 1.54) is 35.9 Å². The summed E-state index contributed by atoms with van der Waals surface area (Å²) < 4.78 is 7.07. The number of amides is 1. The van der Waals surface area contributed by atoms with Gasteiger partial charge in [-0.2, -0.15) is 0 Å². The molecule has 4 rings (SSSR count). The Morgan fingerprint density at radius 3 is 2.79 bits per heavy atom. The van der Waals surface area contributed by atoms with Gasteiger partial charge in [0, 0.05) is 30.6 Å². The Balaban J connectivity index is 1.63. The molecule has 1 fully saturated rings. The van der Waals surface area contributed by atoms with Crippen molar-refractivity contribution in [3.63, 3.8) is 0 Å². The minimum Gasteiger partial charge on any atom is -0.464 e. The zero-order valence-corrected chi connectivity index (χ0v) is 17.8. The Kier molecular flexibility index (Phi) is 6.20. The molecule has 0 atom stereocenters. The molecule has 1 aliphatic heterocycles. The molecule has 1 amide bonds. The van der Waals surface area contributed by atoms with Gasteiger partial charge in [-0.05, 0) is 25.0 Å². The third-order valence-corrected chi connectivity index (χ3v) is 6.87. The van der Waals surface area contributed by atoms with Crippen molar-refractivity contribution >= 4 is 39.2 Å². The highest BCUT2D eigenvalue weighted by Crippen LogP contribution is 2.32. The van der Waals surface area contributed by atoms with Crippen molar-refractivity contribution in [3.8, 4) is 11.3 Å². The van der Waals surface area contributed by atoms with Crippen LogP contribution in [0.2, 0.25) is 0 Å². The summed E-state index contributed by atoms with van der Waals surface area (Å²) in [4.78, 5) is 33.2. The van der Waals surface area contributed by atoms with Crippen molar-refractivity contribution in [1.29, 1.82) is 0 Å². The highest BCUT2D eigenvalue weighted by Gasteiger charge is 2.20. The van der Waals surface area contributed by atoms with Crippen molar-refractivity contribution in [3.05, 3.63) is 46.8 Å². The Labute approximate surface area is 177 Å². The molecule has 29 heavy (non-hydrogen) atoms. The maximum atomic E-state index is 13.2. The van der Waals surface area contributed by atoms with Gasteiger partial charge in [0.15, 0.2) is 5.16 Å². The number of thioether (sulfide) groups is 1. The number of aromatic nitrogens is 2. The van der Waals surface area contributed by atoms with E-state index in [0.717, 1.165) is 31.5 Å². The zero-order valence-electron chi connectivity index (χ0n) is 16.1. The number of nitrogens with zero attached hydrogens (tertiary/aromatic N) is 3. The van der Waals surface area contributed by atoms with E-state index in [1.54, 1.807) is 23.0 Å². The maximum Gasteiger partial charge on any atom is 0.263 e. The Morgan fingerprint density at radius 1 is 1.31 bits per heavy atom. The largest absolute Gasteiger partial charge is 0.464 e. The number of likely N-dealkylation sites (tertiary alicyclic amines) is 1. The maximum absolute atomic E-state index is 13.2. The molecule has 152 valence electrons. The van der Waals surface area contributed by atoms with Crippen molar-refractivity contribution in [2.75, 3.05) is 18.8 Å². The second-order valence-corrected chi connectivity index (χ2v) is 8.79. The van der Waals surface area contributed by atoms with Gasteiger partial charge in [-0.1, -0.05) is 30.7 Å². The number of allylic oxidation sites excluding steroid dienone is 1. The van der Waals surface area contributed by atoms with E-state index in [2.05, 4.69) is 6.58 Å². The molecule has 1 saturated heterocycles. The molecule has 0 aromatic carbocycles. The number of carbonyl (C=O) groups excluding carboxylic acids is 1. The molecule has 4 heterocycles.